The van der Waals surface area contributed by atoms with Gasteiger partial charge in [-0.25, -0.2) is 0 Å². The Morgan fingerprint density at radius 3 is 2.59 bits per heavy atom. The second kappa shape index (κ2) is 5.52. The van der Waals surface area contributed by atoms with Crippen LogP contribution in [0.2, 0.25) is 0 Å². The fourth-order valence-electron chi connectivity index (χ4n) is 2.52. The number of benzene rings is 1. The number of aliphatic hydroxyl groups is 1. The Balaban J connectivity index is 2.17. The van der Waals surface area contributed by atoms with E-state index in [0.717, 1.165) is 18.7 Å². The minimum Gasteiger partial charge on any atom is -0.394 e. The van der Waals surface area contributed by atoms with E-state index in [1.807, 2.05) is 0 Å². The van der Waals surface area contributed by atoms with Gasteiger partial charge in [0.25, 0.3) is 0 Å². The lowest BCUT2D eigenvalue weighted by atomic mass is 10.0. The van der Waals surface area contributed by atoms with Crippen molar-refractivity contribution in [3.63, 3.8) is 0 Å². The molecule has 1 heterocycles. The van der Waals surface area contributed by atoms with E-state index >= 15 is 0 Å². The van der Waals surface area contributed by atoms with E-state index in [1.165, 1.54) is 30.5 Å². The van der Waals surface area contributed by atoms with Crippen molar-refractivity contribution in [2.24, 2.45) is 5.73 Å². The van der Waals surface area contributed by atoms with Crippen molar-refractivity contribution in [1.29, 1.82) is 0 Å². The summed E-state index contributed by atoms with van der Waals surface area (Å²) in [5.74, 6) is 0. The standard InChI is InChI=1S/C14H22N2O/c1-11-9-12(16-7-3-2-4-8-16)5-6-13(11)14(15)10-17/h5-6,9,14,17H,2-4,7-8,10,15H2,1H3/t14-/m0/s1. The largest absolute Gasteiger partial charge is 0.394 e. The topological polar surface area (TPSA) is 49.5 Å². The lowest BCUT2D eigenvalue weighted by Crippen LogP contribution is -2.29. The molecule has 0 bridgehead atoms. The van der Waals surface area contributed by atoms with Crippen LogP contribution in [0.4, 0.5) is 5.69 Å². The van der Waals surface area contributed by atoms with Crippen LogP contribution in [0.25, 0.3) is 0 Å². The molecule has 0 spiro atoms. The highest BCUT2D eigenvalue weighted by molar-refractivity contribution is 5.51. The van der Waals surface area contributed by atoms with Crippen LogP contribution in [-0.2, 0) is 0 Å². The molecule has 3 N–H and O–H groups in total. The fraction of sp³-hybridized carbons (Fsp3) is 0.571. The third-order valence-electron chi connectivity index (χ3n) is 3.57. The Morgan fingerprint density at radius 2 is 2.00 bits per heavy atom. The van der Waals surface area contributed by atoms with Crippen molar-refractivity contribution >= 4 is 5.69 Å². The van der Waals surface area contributed by atoms with Crippen molar-refractivity contribution in [1.82, 2.24) is 0 Å². The van der Waals surface area contributed by atoms with Crippen LogP contribution in [-0.4, -0.2) is 24.8 Å². The molecule has 0 radical (unpaired) electrons. The highest BCUT2D eigenvalue weighted by atomic mass is 16.3. The second-order valence-corrected chi connectivity index (χ2v) is 4.88. The van der Waals surface area contributed by atoms with Crippen LogP contribution in [0.1, 0.15) is 36.4 Å². The summed E-state index contributed by atoms with van der Waals surface area (Å²) in [5.41, 5.74) is 9.37. The minimum absolute atomic E-state index is 0.00387. The monoisotopic (exact) mass is 234 g/mol. The first-order valence-corrected chi connectivity index (χ1v) is 6.44. The molecule has 1 aliphatic heterocycles. The summed E-state index contributed by atoms with van der Waals surface area (Å²) in [6.45, 7) is 4.39. The first kappa shape index (κ1) is 12.4. The van der Waals surface area contributed by atoms with E-state index in [9.17, 15) is 0 Å². The molecule has 1 aliphatic rings. The molecule has 0 saturated carbocycles. The summed E-state index contributed by atoms with van der Waals surface area (Å²) in [7, 11) is 0. The molecule has 1 atom stereocenters. The van der Waals surface area contributed by atoms with Crippen molar-refractivity contribution in [2.45, 2.75) is 32.2 Å². The van der Waals surface area contributed by atoms with Crippen LogP contribution in [0.3, 0.4) is 0 Å². The van der Waals surface area contributed by atoms with E-state index in [4.69, 9.17) is 10.8 Å². The van der Waals surface area contributed by atoms with Gasteiger partial charge in [0.15, 0.2) is 0 Å². The number of nitrogens with two attached hydrogens (primary N) is 1. The predicted octanol–water partition coefficient (Wildman–Crippen LogP) is 1.98. The van der Waals surface area contributed by atoms with Gasteiger partial charge in [-0.3, -0.25) is 0 Å². The van der Waals surface area contributed by atoms with E-state index in [2.05, 4.69) is 30.0 Å². The number of piperidine rings is 1. The van der Waals surface area contributed by atoms with Crippen LogP contribution in [0.5, 0.6) is 0 Å². The van der Waals surface area contributed by atoms with Crippen LogP contribution in [0, 0.1) is 6.92 Å². The van der Waals surface area contributed by atoms with Gasteiger partial charge < -0.3 is 15.7 Å². The van der Waals surface area contributed by atoms with Gasteiger partial charge in [-0.1, -0.05) is 6.07 Å². The van der Waals surface area contributed by atoms with E-state index < -0.39 is 0 Å². The first-order valence-electron chi connectivity index (χ1n) is 6.44. The summed E-state index contributed by atoms with van der Waals surface area (Å²) in [6.07, 6.45) is 3.93. The van der Waals surface area contributed by atoms with Gasteiger partial charge in [0.05, 0.1) is 12.6 Å². The first-order chi connectivity index (χ1) is 8.22. The van der Waals surface area contributed by atoms with Gasteiger partial charge in [-0.2, -0.15) is 0 Å². The van der Waals surface area contributed by atoms with Crippen LogP contribution >= 0.6 is 0 Å². The number of aliphatic hydroxyl groups excluding tert-OH is 1. The zero-order chi connectivity index (χ0) is 12.3. The van der Waals surface area contributed by atoms with Gasteiger partial charge >= 0.3 is 0 Å². The molecule has 3 nitrogen and oxygen atoms in total. The molecule has 17 heavy (non-hydrogen) atoms. The Hall–Kier alpha value is -1.06. The summed E-state index contributed by atoms with van der Waals surface area (Å²) >= 11 is 0. The minimum atomic E-state index is -0.259. The summed E-state index contributed by atoms with van der Waals surface area (Å²) < 4.78 is 0. The Morgan fingerprint density at radius 1 is 1.29 bits per heavy atom. The van der Waals surface area contributed by atoms with Crippen molar-refractivity contribution in [3.8, 4) is 0 Å². The van der Waals surface area contributed by atoms with E-state index in [-0.39, 0.29) is 12.6 Å². The van der Waals surface area contributed by atoms with E-state index in [0.29, 0.717) is 0 Å². The maximum absolute atomic E-state index is 9.10. The molecule has 3 heteroatoms. The van der Waals surface area contributed by atoms with Crippen molar-refractivity contribution in [2.75, 3.05) is 24.6 Å². The van der Waals surface area contributed by atoms with Crippen LogP contribution in [0.15, 0.2) is 18.2 Å². The molecule has 2 rings (SSSR count). The highest BCUT2D eigenvalue weighted by Crippen LogP contribution is 2.24. The molecule has 1 saturated heterocycles. The normalized spacial score (nSPS) is 18.2. The van der Waals surface area contributed by atoms with Gasteiger partial charge in [-0.05, 0) is 49.4 Å². The molecular weight excluding hydrogens is 212 g/mol. The molecule has 1 aromatic carbocycles. The van der Waals surface area contributed by atoms with Crippen LogP contribution < -0.4 is 10.6 Å². The molecule has 0 unspecified atom stereocenters. The maximum atomic E-state index is 9.10. The predicted molar refractivity (Wildman–Crippen MR) is 71.3 cm³/mol. The maximum Gasteiger partial charge on any atom is 0.0624 e. The summed E-state index contributed by atoms with van der Waals surface area (Å²) in [6, 6.07) is 6.12. The molecule has 1 aromatic rings. The number of anilines is 1. The van der Waals surface area contributed by atoms with Crippen molar-refractivity contribution in [3.05, 3.63) is 29.3 Å². The zero-order valence-corrected chi connectivity index (χ0v) is 10.5. The number of aryl methyl sites for hydroxylation is 1. The van der Waals surface area contributed by atoms with Gasteiger partial charge in [0, 0.05) is 18.8 Å². The average molecular weight is 234 g/mol. The molecule has 1 fully saturated rings. The molecular formula is C14H22N2O. The quantitative estimate of drug-likeness (QED) is 0.840. The Kier molecular flexibility index (Phi) is 4.02. The second-order valence-electron chi connectivity index (χ2n) is 4.88. The van der Waals surface area contributed by atoms with Gasteiger partial charge in [0.1, 0.15) is 0 Å². The third kappa shape index (κ3) is 2.79. The number of nitrogens with zero attached hydrogens (tertiary/aromatic N) is 1. The van der Waals surface area contributed by atoms with Crippen molar-refractivity contribution < 1.29 is 5.11 Å². The summed E-state index contributed by atoms with van der Waals surface area (Å²) in [4.78, 5) is 2.44. The third-order valence-corrected chi connectivity index (χ3v) is 3.57. The lowest BCUT2D eigenvalue weighted by Gasteiger charge is -2.29. The molecule has 0 aromatic heterocycles. The lowest BCUT2D eigenvalue weighted by molar-refractivity contribution is 0.267. The Labute approximate surface area is 103 Å². The number of hydrogen-bond donors (Lipinski definition) is 2. The fourth-order valence-corrected chi connectivity index (χ4v) is 2.52. The molecule has 94 valence electrons. The molecule has 0 amide bonds. The number of rotatable bonds is 3. The SMILES string of the molecule is Cc1cc(N2CCCCC2)ccc1[C@@H](N)CO. The average Bonchev–Trinajstić information content (AvgIpc) is 2.39. The van der Waals surface area contributed by atoms with Gasteiger partial charge in [0.2, 0.25) is 0 Å². The van der Waals surface area contributed by atoms with Gasteiger partial charge in [-0.15, -0.1) is 0 Å². The molecule has 0 aliphatic carbocycles. The highest BCUT2D eigenvalue weighted by Gasteiger charge is 2.13. The Bertz CT molecular complexity index is 372. The number of hydrogen-bond acceptors (Lipinski definition) is 3. The smallest absolute Gasteiger partial charge is 0.0624 e. The summed E-state index contributed by atoms with van der Waals surface area (Å²) in [5, 5.41) is 9.10. The van der Waals surface area contributed by atoms with E-state index in [1.54, 1.807) is 0 Å². The zero-order valence-electron chi connectivity index (χ0n) is 10.5.